The number of hydrogen-bond acceptors (Lipinski definition) is 3. The topological polar surface area (TPSA) is 26.3 Å². The maximum Gasteiger partial charge on any atom is 0.339 e. The number of ether oxygens (including phenoxy) is 1. The zero-order chi connectivity index (χ0) is 11.1. The van der Waals surface area contributed by atoms with E-state index in [1.165, 1.54) is 0 Å². The largest absolute Gasteiger partial charge is 0.462 e. The Kier molecular flexibility index (Phi) is 5.58. The molecule has 1 aromatic rings. The van der Waals surface area contributed by atoms with Crippen molar-refractivity contribution in [2.45, 2.75) is 6.42 Å². The zero-order valence-corrected chi connectivity index (χ0v) is 10.1. The molecule has 0 aromatic heterocycles. The third-order valence-corrected chi connectivity index (χ3v) is 2.85. The molecule has 0 aliphatic carbocycles. The van der Waals surface area contributed by atoms with Gasteiger partial charge < -0.3 is 4.74 Å². The van der Waals surface area contributed by atoms with E-state index in [1.54, 1.807) is 36.0 Å². The lowest BCUT2D eigenvalue weighted by Gasteiger charge is -2.05. The Morgan fingerprint density at radius 1 is 1.47 bits per heavy atom. The molecule has 0 heterocycles. The number of esters is 1. The fraction of sp³-hybridized carbons (Fsp3) is 0.364. The zero-order valence-electron chi connectivity index (χ0n) is 8.53. The maximum absolute atomic E-state index is 11.5. The van der Waals surface area contributed by atoms with Crippen molar-refractivity contribution in [3.05, 3.63) is 34.9 Å². The van der Waals surface area contributed by atoms with Gasteiger partial charge in [-0.05, 0) is 30.6 Å². The Hall–Kier alpha value is -0.670. The minimum absolute atomic E-state index is 0.346. The molecule has 0 aliphatic rings. The van der Waals surface area contributed by atoms with E-state index in [0.717, 1.165) is 12.2 Å². The van der Waals surface area contributed by atoms with Crippen LogP contribution in [-0.2, 0) is 4.74 Å². The molecule has 0 spiro atoms. The molecule has 0 N–H and O–H groups in total. The number of hydrogen-bond donors (Lipinski definition) is 0. The second-order valence-corrected chi connectivity index (χ2v) is 4.35. The van der Waals surface area contributed by atoms with Gasteiger partial charge in [0, 0.05) is 0 Å². The van der Waals surface area contributed by atoms with Crippen LogP contribution in [0.15, 0.2) is 24.3 Å². The molecule has 0 radical (unpaired) electrons. The van der Waals surface area contributed by atoms with Gasteiger partial charge in [-0.3, -0.25) is 0 Å². The normalized spacial score (nSPS) is 10.0. The highest BCUT2D eigenvalue weighted by Crippen LogP contribution is 2.15. The average molecular weight is 245 g/mol. The lowest BCUT2D eigenvalue weighted by atomic mass is 10.2. The molecule has 0 aliphatic heterocycles. The molecule has 0 fully saturated rings. The minimum Gasteiger partial charge on any atom is -0.462 e. The standard InChI is InChI=1S/C11H13ClO2S/c1-15-8-4-7-14-11(13)9-5-2-3-6-10(9)12/h2-3,5-6H,4,7-8H2,1H3. The first-order valence-corrected chi connectivity index (χ1v) is 6.43. The van der Waals surface area contributed by atoms with Crippen molar-refractivity contribution in [1.82, 2.24) is 0 Å². The van der Waals surface area contributed by atoms with Crippen molar-refractivity contribution in [1.29, 1.82) is 0 Å². The van der Waals surface area contributed by atoms with Crippen LogP contribution in [0.3, 0.4) is 0 Å². The van der Waals surface area contributed by atoms with Crippen LogP contribution in [0.1, 0.15) is 16.8 Å². The number of rotatable bonds is 5. The van der Waals surface area contributed by atoms with E-state index in [1.807, 2.05) is 6.26 Å². The second kappa shape index (κ2) is 6.75. The van der Waals surface area contributed by atoms with Crippen molar-refractivity contribution in [2.75, 3.05) is 18.6 Å². The molecular weight excluding hydrogens is 232 g/mol. The first-order chi connectivity index (χ1) is 7.25. The second-order valence-electron chi connectivity index (χ2n) is 2.96. The van der Waals surface area contributed by atoms with Gasteiger partial charge >= 0.3 is 5.97 Å². The first kappa shape index (κ1) is 12.4. The number of benzene rings is 1. The highest BCUT2D eigenvalue weighted by Gasteiger charge is 2.09. The summed E-state index contributed by atoms with van der Waals surface area (Å²) in [5, 5.41) is 0.437. The Bertz CT molecular complexity index is 328. The van der Waals surface area contributed by atoms with E-state index in [2.05, 4.69) is 0 Å². The van der Waals surface area contributed by atoms with Gasteiger partial charge in [0.1, 0.15) is 0 Å². The number of thioether (sulfide) groups is 1. The molecule has 1 rings (SSSR count). The van der Waals surface area contributed by atoms with Crippen molar-refractivity contribution >= 4 is 29.3 Å². The van der Waals surface area contributed by atoms with Gasteiger partial charge in [0.15, 0.2) is 0 Å². The van der Waals surface area contributed by atoms with Crippen molar-refractivity contribution in [3.63, 3.8) is 0 Å². The SMILES string of the molecule is CSCCCOC(=O)c1ccccc1Cl. The summed E-state index contributed by atoms with van der Waals surface area (Å²) < 4.78 is 5.07. The molecule has 0 bridgehead atoms. The summed E-state index contributed by atoms with van der Waals surface area (Å²) in [6.45, 7) is 0.449. The fourth-order valence-electron chi connectivity index (χ4n) is 1.07. The predicted molar refractivity (Wildman–Crippen MR) is 64.7 cm³/mol. The third-order valence-electron chi connectivity index (χ3n) is 1.82. The maximum atomic E-state index is 11.5. The van der Waals surface area contributed by atoms with E-state index in [0.29, 0.717) is 17.2 Å². The van der Waals surface area contributed by atoms with Crippen LogP contribution in [0, 0.1) is 0 Å². The lowest BCUT2D eigenvalue weighted by Crippen LogP contribution is -2.07. The molecular formula is C11H13ClO2S. The van der Waals surface area contributed by atoms with Crippen molar-refractivity contribution < 1.29 is 9.53 Å². The summed E-state index contributed by atoms with van der Waals surface area (Å²) in [6, 6.07) is 6.90. The van der Waals surface area contributed by atoms with Gasteiger partial charge in [0.2, 0.25) is 0 Å². The van der Waals surface area contributed by atoms with E-state index >= 15 is 0 Å². The Morgan fingerprint density at radius 2 is 2.20 bits per heavy atom. The quantitative estimate of drug-likeness (QED) is 0.588. The van der Waals surface area contributed by atoms with Gasteiger partial charge in [-0.2, -0.15) is 11.8 Å². The summed E-state index contributed by atoms with van der Waals surface area (Å²) >= 11 is 7.59. The molecule has 0 saturated carbocycles. The Morgan fingerprint density at radius 3 is 2.87 bits per heavy atom. The monoisotopic (exact) mass is 244 g/mol. The molecule has 4 heteroatoms. The fourth-order valence-corrected chi connectivity index (χ4v) is 1.69. The van der Waals surface area contributed by atoms with Gasteiger partial charge in [-0.15, -0.1) is 0 Å². The summed E-state index contributed by atoms with van der Waals surface area (Å²) in [4.78, 5) is 11.5. The Labute approximate surface area is 99.0 Å². The third kappa shape index (κ3) is 4.14. The van der Waals surface area contributed by atoms with E-state index in [4.69, 9.17) is 16.3 Å². The van der Waals surface area contributed by atoms with Gasteiger partial charge in [-0.25, -0.2) is 4.79 Å². The van der Waals surface area contributed by atoms with Crippen molar-refractivity contribution in [2.24, 2.45) is 0 Å². The molecule has 0 amide bonds. The highest BCUT2D eigenvalue weighted by atomic mass is 35.5. The van der Waals surface area contributed by atoms with Gasteiger partial charge in [-0.1, -0.05) is 23.7 Å². The highest BCUT2D eigenvalue weighted by molar-refractivity contribution is 7.98. The smallest absolute Gasteiger partial charge is 0.339 e. The van der Waals surface area contributed by atoms with E-state index < -0.39 is 0 Å². The van der Waals surface area contributed by atoms with Crippen LogP contribution in [0.25, 0.3) is 0 Å². The van der Waals surface area contributed by atoms with Crippen LogP contribution in [-0.4, -0.2) is 24.6 Å². The average Bonchev–Trinajstić information content (AvgIpc) is 2.25. The summed E-state index contributed by atoms with van der Waals surface area (Å²) in [5.74, 6) is 0.650. The van der Waals surface area contributed by atoms with Crippen LogP contribution in [0.2, 0.25) is 5.02 Å². The van der Waals surface area contributed by atoms with E-state index in [-0.39, 0.29) is 5.97 Å². The van der Waals surface area contributed by atoms with Gasteiger partial charge in [0.25, 0.3) is 0 Å². The van der Waals surface area contributed by atoms with E-state index in [9.17, 15) is 4.79 Å². The van der Waals surface area contributed by atoms with Crippen molar-refractivity contribution in [3.8, 4) is 0 Å². The lowest BCUT2D eigenvalue weighted by molar-refractivity contribution is 0.0506. The van der Waals surface area contributed by atoms with Gasteiger partial charge in [0.05, 0.1) is 17.2 Å². The Balaban J connectivity index is 2.44. The number of carbonyl (C=O) groups excluding carboxylic acids is 1. The molecule has 82 valence electrons. The summed E-state index contributed by atoms with van der Waals surface area (Å²) in [5.41, 5.74) is 0.434. The molecule has 15 heavy (non-hydrogen) atoms. The minimum atomic E-state index is -0.346. The number of carbonyl (C=O) groups is 1. The molecule has 0 atom stereocenters. The molecule has 2 nitrogen and oxygen atoms in total. The summed E-state index contributed by atoms with van der Waals surface area (Å²) in [6.07, 6.45) is 2.90. The predicted octanol–water partition coefficient (Wildman–Crippen LogP) is 3.25. The molecule has 0 saturated heterocycles. The van der Waals surface area contributed by atoms with Crippen LogP contribution < -0.4 is 0 Å². The summed E-state index contributed by atoms with van der Waals surface area (Å²) in [7, 11) is 0. The molecule has 1 aromatic carbocycles. The van der Waals surface area contributed by atoms with Crippen LogP contribution >= 0.6 is 23.4 Å². The van der Waals surface area contributed by atoms with Crippen LogP contribution in [0.4, 0.5) is 0 Å². The molecule has 0 unspecified atom stereocenters. The van der Waals surface area contributed by atoms with Crippen LogP contribution in [0.5, 0.6) is 0 Å². The number of halogens is 1. The first-order valence-electron chi connectivity index (χ1n) is 4.66.